The molecule has 0 aliphatic rings. The number of nitrogens with one attached hydrogen (secondary N) is 3. The molecule has 3 N–H and O–H groups in total. The van der Waals surface area contributed by atoms with Crippen LogP contribution in [0, 0.1) is 0 Å². The molecule has 0 atom stereocenters. The van der Waals surface area contributed by atoms with Crippen molar-refractivity contribution in [3.8, 4) is 5.75 Å². The molecule has 0 aliphatic carbocycles. The largest absolute Gasteiger partial charge is 0.494 e. The van der Waals surface area contributed by atoms with E-state index < -0.39 is 23.2 Å². The van der Waals surface area contributed by atoms with E-state index >= 15 is 0 Å². The summed E-state index contributed by atoms with van der Waals surface area (Å²) in [5, 5.41) is 9.38. The van der Waals surface area contributed by atoms with E-state index in [4.69, 9.17) is 20.8 Å². The molecular weight excluding hydrogens is 512 g/mol. The fourth-order valence-electron chi connectivity index (χ4n) is 3.39. The van der Waals surface area contributed by atoms with Crippen molar-refractivity contribution in [2.24, 2.45) is 5.10 Å². The number of halogens is 1. The van der Waals surface area contributed by atoms with Crippen LogP contribution in [0.1, 0.15) is 22.8 Å². The molecule has 1 heterocycles. The van der Waals surface area contributed by atoms with Gasteiger partial charge in [-0.2, -0.15) is 5.10 Å². The molecule has 4 aromatic rings. The van der Waals surface area contributed by atoms with Crippen LogP contribution in [0.3, 0.4) is 0 Å². The zero-order chi connectivity index (χ0) is 27.1. The zero-order valence-corrected chi connectivity index (χ0v) is 20.7. The molecule has 0 radical (unpaired) electrons. The second-order valence-electron chi connectivity index (χ2n) is 7.77. The monoisotopic (exact) mass is 532 g/mol. The number of anilines is 2. The molecule has 4 rings (SSSR count). The molecule has 0 fully saturated rings. The topological polar surface area (TPSA) is 139 Å². The summed E-state index contributed by atoms with van der Waals surface area (Å²) >= 11 is 5.93. The van der Waals surface area contributed by atoms with Gasteiger partial charge in [-0.3, -0.25) is 19.2 Å². The zero-order valence-electron chi connectivity index (χ0n) is 20.0. The lowest BCUT2D eigenvalue weighted by Gasteiger charge is -2.11. The SMILES string of the molecule is CCOc1ccc(NC(=O)c2ccccc2NC(=O)C(=O)N/N=C\c2coc3ccc(Cl)cc3c2=O)cc1. The molecule has 3 amide bonds. The molecule has 0 saturated carbocycles. The van der Waals surface area contributed by atoms with Gasteiger partial charge in [-0.05, 0) is 61.5 Å². The Bertz CT molecular complexity index is 1600. The predicted molar refractivity (Wildman–Crippen MR) is 144 cm³/mol. The maximum Gasteiger partial charge on any atom is 0.329 e. The summed E-state index contributed by atoms with van der Waals surface area (Å²) in [5.41, 5.74) is 2.78. The Morgan fingerprint density at radius 2 is 1.76 bits per heavy atom. The number of para-hydroxylation sites is 1. The van der Waals surface area contributed by atoms with Gasteiger partial charge in [0.2, 0.25) is 5.43 Å². The fourth-order valence-corrected chi connectivity index (χ4v) is 3.56. The molecule has 0 spiro atoms. The highest BCUT2D eigenvalue weighted by Gasteiger charge is 2.18. The Labute approximate surface area is 221 Å². The van der Waals surface area contributed by atoms with Crippen molar-refractivity contribution in [3.05, 3.63) is 99.4 Å². The van der Waals surface area contributed by atoms with Gasteiger partial charge in [-0.1, -0.05) is 23.7 Å². The van der Waals surface area contributed by atoms with Gasteiger partial charge < -0.3 is 19.8 Å². The van der Waals surface area contributed by atoms with Gasteiger partial charge in [0.1, 0.15) is 17.6 Å². The molecule has 3 aromatic carbocycles. The molecular formula is C27H21ClN4O6. The average Bonchev–Trinajstić information content (AvgIpc) is 2.91. The first kappa shape index (κ1) is 26.1. The van der Waals surface area contributed by atoms with Crippen LogP contribution >= 0.6 is 11.6 Å². The van der Waals surface area contributed by atoms with Crippen molar-refractivity contribution in [2.45, 2.75) is 6.92 Å². The molecule has 38 heavy (non-hydrogen) atoms. The highest BCUT2D eigenvalue weighted by Crippen LogP contribution is 2.20. The molecule has 0 saturated heterocycles. The van der Waals surface area contributed by atoms with Gasteiger partial charge in [0.15, 0.2) is 0 Å². The number of ether oxygens (including phenoxy) is 1. The second-order valence-corrected chi connectivity index (χ2v) is 8.21. The van der Waals surface area contributed by atoms with E-state index in [2.05, 4.69) is 15.7 Å². The molecule has 0 bridgehead atoms. The van der Waals surface area contributed by atoms with Crippen molar-refractivity contribution in [1.82, 2.24) is 5.43 Å². The summed E-state index contributed by atoms with van der Waals surface area (Å²) in [6.45, 7) is 2.39. The van der Waals surface area contributed by atoms with Gasteiger partial charge in [-0.25, -0.2) is 5.43 Å². The molecule has 11 heteroatoms. The second kappa shape index (κ2) is 11.8. The number of hydrazone groups is 1. The minimum Gasteiger partial charge on any atom is -0.494 e. The smallest absolute Gasteiger partial charge is 0.329 e. The molecule has 10 nitrogen and oxygen atoms in total. The average molecular weight is 533 g/mol. The van der Waals surface area contributed by atoms with Crippen molar-refractivity contribution < 1.29 is 23.5 Å². The maximum atomic E-state index is 12.8. The van der Waals surface area contributed by atoms with Crippen LogP contribution in [0.2, 0.25) is 5.02 Å². The van der Waals surface area contributed by atoms with E-state index in [1.54, 1.807) is 48.5 Å². The third-order valence-electron chi connectivity index (χ3n) is 5.18. The summed E-state index contributed by atoms with van der Waals surface area (Å²) in [4.78, 5) is 50.1. The minimum atomic E-state index is -1.11. The molecule has 192 valence electrons. The van der Waals surface area contributed by atoms with Gasteiger partial charge >= 0.3 is 11.8 Å². The Hall–Kier alpha value is -4.96. The van der Waals surface area contributed by atoms with Gasteiger partial charge in [0.05, 0.1) is 35.0 Å². The van der Waals surface area contributed by atoms with E-state index in [1.165, 1.54) is 24.5 Å². The molecule has 1 aromatic heterocycles. The Balaban J connectivity index is 1.40. The third kappa shape index (κ3) is 6.23. The predicted octanol–water partition coefficient (Wildman–Crippen LogP) is 4.19. The normalized spacial score (nSPS) is 10.8. The number of hydrogen-bond acceptors (Lipinski definition) is 7. The van der Waals surface area contributed by atoms with Crippen LogP contribution in [0.25, 0.3) is 11.0 Å². The minimum absolute atomic E-state index is 0.0387. The third-order valence-corrected chi connectivity index (χ3v) is 5.42. The lowest BCUT2D eigenvalue weighted by Crippen LogP contribution is -2.33. The van der Waals surface area contributed by atoms with Crippen molar-refractivity contribution in [3.63, 3.8) is 0 Å². The number of carbonyl (C=O) groups excluding carboxylic acids is 3. The van der Waals surface area contributed by atoms with Gasteiger partial charge in [0.25, 0.3) is 5.91 Å². The maximum absolute atomic E-state index is 12.8. The quantitative estimate of drug-likeness (QED) is 0.185. The van der Waals surface area contributed by atoms with Crippen molar-refractivity contribution in [1.29, 1.82) is 0 Å². The van der Waals surface area contributed by atoms with E-state index in [9.17, 15) is 19.2 Å². The highest BCUT2D eigenvalue weighted by molar-refractivity contribution is 6.40. The van der Waals surface area contributed by atoms with Crippen molar-refractivity contribution >= 4 is 57.9 Å². The van der Waals surface area contributed by atoms with Gasteiger partial charge in [-0.15, -0.1) is 0 Å². The van der Waals surface area contributed by atoms with Crippen LogP contribution in [0.4, 0.5) is 11.4 Å². The first-order chi connectivity index (χ1) is 18.4. The molecule has 0 unspecified atom stereocenters. The first-order valence-corrected chi connectivity index (χ1v) is 11.7. The fraction of sp³-hybridized carbons (Fsp3) is 0.0741. The Morgan fingerprint density at radius 3 is 2.53 bits per heavy atom. The Morgan fingerprint density at radius 1 is 1.00 bits per heavy atom. The summed E-state index contributed by atoms with van der Waals surface area (Å²) in [7, 11) is 0. The number of carbonyl (C=O) groups is 3. The number of benzene rings is 3. The van der Waals surface area contributed by atoms with E-state index in [1.807, 2.05) is 12.3 Å². The van der Waals surface area contributed by atoms with Crippen LogP contribution in [-0.4, -0.2) is 30.5 Å². The van der Waals surface area contributed by atoms with E-state index in [0.29, 0.717) is 28.6 Å². The summed E-state index contributed by atoms with van der Waals surface area (Å²) in [5.74, 6) is -2.01. The Kier molecular flexibility index (Phi) is 8.14. The number of hydrogen-bond donors (Lipinski definition) is 3. The summed E-state index contributed by atoms with van der Waals surface area (Å²) in [6.07, 6.45) is 2.23. The number of rotatable bonds is 7. The van der Waals surface area contributed by atoms with Crippen LogP contribution in [-0.2, 0) is 9.59 Å². The van der Waals surface area contributed by atoms with E-state index in [0.717, 1.165) is 6.21 Å². The number of amides is 3. The lowest BCUT2D eigenvalue weighted by atomic mass is 10.1. The lowest BCUT2D eigenvalue weighted by molar-refractivity contribution is -0.136. The summed E-state index contributed by atoms with van der Waals surface area (Å²) in [6, 6.07) is 17.6. The van der Waals surface area contributed by atoms with Crippen LogP contribution in [0.15, 0.2) is 87.3 Å². The highest BCUT2D eigenvalue weighted by atomic mass is 35.5. The van der Waals surface area contributed by atoms with Crippen LogP contribution < -0.4 is 26.2 Å². The summed E-state index contributed by atoms with van der Waals surface area (Å²) < 4.78 is 10.8. The number of fused-ring (bicyclic) bond motifs is 1. The standard InChI is InChI=1S/C27H21ClN4O6/c1-2-37-19-10-8-18(9-11-19)30-25(34)20-5-3-4-6-22(20)31-26(35)27(36)32-29-14-16-15-38-23-12-7-17(28)13-21(23)24(16)33/h3-15H,2H2,1H3,(H,30,34)(H,31,35)(H,32,36)/b29-14-. The number of nitrogens with zero attached hydrogens (tertiary/aromatic N) is 1. The van der Waals surface area contributed by atoms with E-state index in [-0.39, 0.29) is 22.2 Å². The first-order valence-electron chi connectivity index (χ1n) is 11.3. The van der Waals surface area contributed by atoms with Gasteiger partial charge in [0, 0.05) is 10.7 Å². The van der Waals surface area contributed by atoms with Crippen molar-refractivity contribution in [2.75, 3.05) is 17.2 Å². The van der Waals surface area contributed by atoms with Crippen LogP contribution in [0.5, 0.6) is 5.75 Å². The molecule has 0 aliphatic heterocycles.